The maximum atomic E-state index is 11.5. The summed E-state index contributed by atoms with van der Waals surface area (Å²) in [5.41, 5.74) is 5.75. The van der Waals surface area contributed by atoms with Gasteiger partial charge in [0.1, 0.15) is 11.5 Å². The molecule has 1 unspecified atom stereocenters. The van der Waals surface area contributed by atoms with E-state index in [1.807, 2.05) is 11.4 Å². The topological polar surface area (TPSA) is 103 Å². The van der Waals surface area contributed by atoms with Crippen molar-refractivity contribution in [2.24, 2.45) is 5.73 Å². The van der Waals surface area contributed by atoms with Crippen molar-refractivity contribution in [1.29, 1.82) is 0 Å². The zero-order chi connectivity index (χ0) is 15.1. The van der Waals surface area contributed by atoms with Gasteiger partial charge in [-0.2, -0.15) is 0 Å². The lowest BCUT2D eigenvalue weighted by molar-refractivity contribution is -0.121. The molecule has 1 aromatic carbocycles. The Kier molecular flexibility index (Phi) is 5.79. The van der Waals surface area contributed by atoms with Crippen molar-refractivity contribution in [3.05, 3.63) is 23.8 Å². The summed E-state index contributed by atoms with van der Waals surface area (Å²) in [7, 11) is 3.13. The van der Waals surface area contributed by atoms with Crippen LogP contribution < -0.4 is 25.8 Å². The fourth-order valence-electron chi connectivity index (χ4n) is 1.58. The number of ether oxygens (including phenoxy) is 2. The van der Waals surface area contributed by atoms with Crippen LogP contribution in [0.25, 0.3) is 0 Å². The van der Waals surface area contributed by atoms with Crippen molar-refractivity contribution in [3.8, 4) is 11.5 Å². The molecule has 0 aromatic heterocycles. The molecule has 0 spiro atoms. The second-order valence-electron chi connectivity index (χ2n) is 4.13. The Balaban J connectivity index is 2.65. The number of nitrogens with one attached hydrogen (secondary N) is 2. The third-order valence-corrected chi connectivity index (χ3v) is 2.73. The Morgan fingerprint density at radius 1 is 1.30 bits per heavy atom. The smallest absolute Gasteiger partial charge is 0.318 e. The molecule has 20 heavy (non-hydrogen) atoms. The Hall–Kier alpha value is -2.28. The minimum atomic E-state index is -0.870. The molecule has 0 radical (unpaired) electrons. The molecule has 7 nitrogen and oxygen atoms in total. The molecule has 110 valence electrons. The van der Waals surface area contributed by atoms with E-state index in [0.717, 1.165) is 5.56 Å². The average Bonchev–Trinajstić information content (AvgIpc) is 2.43. The largest absolute Gasteiger partial charge is 0.497 e. The van der Waals surface area contributed by atoms with Crippen molar-refractivity contribution in [2.45, 2.75) is 19.5 Å². The lowest BCUT2D eigenvalue weighted by atomic mass is 10.1. The van der Waals surface area contributed by atoms with Crippen molar-refractivity contribution < 1.29 is 19.1 Å². The first-order valence-electron chi connectivity index (χ1n) is 6.02. The van der Waals surface area contributed by atoms with E-state index in [0.29, 0.717) is 18.0 Å². The van der Waals surface area contributed by atoms with Gasteiger partial charge in [0.15, 0.2) is 0 Å². The predicted octanol–water partition coefficient (Wildman–Crippen LogP) is 0.377. The van der Waals surface area contributed by atoms with E-state index in [-0.39, 0.29) is 0 Å². The molecule has 0 aliphatic heterocycles. The summed E-state index contributed by atoms with van der Waals surface area (Å²) >= 11 is 0. The summed E-state index contributed by atoms with van der Waals surface area (Å²) in [6.45, 7) is 2.04. The van der Waals surface area contributed by atoms with Gasteiger partial charge in [-0.05, 0) is 13.0 Å². The number of carbonyl (C=O) groups excluding carboxylic acids is 2. The number of urea groups is 1. The summed E-state index contributed by atoms with van der Waals surface area (Å²) in [4.78, 5) is 22.1. The van der Waals surface area contributed by atoms with E-state index in [4.69, 9.17) is 15.2 Å². The van der Waals surface area contributed by atoms with Gasteiger partial charge >= 0.3 is 6.03 Å². The Morgan fingerprint density at radius 3 is 2.55 bits per heavy atom. The molecule has 7 heteroatoms. The van der Waals surface area contributed by atoms with Gasteiger partial charge in [-0.25, -0.2) is 4.79 Å². The van der Waals surface area contributed by atoms with E-state index in [1.54, 1.807) is 33.3 Å². The first-order chi connectivity index (χ1) is 9.47. The van der Waals surface area contributed by atoms with Crippen LogP contribution in [-0.2, 0) is 11.3 Å². The van der Waals surface area contributed by atoms with Crippen LogP contribution in [0.1, 0.15) is 12.5 Å². The van der Waals surface area contributed by atoms with Gasteiger partial charge in [-0.3, -0.25) is 10.1 Å². The minimum absolute atomic E-state index is 0.403. The number of amides is 3. The lowest BCUT2D eigenvalue weighted by Gasteiger charge is -2.15. The van der Waals surface area contributed by atoms with Crippen LogP contribution in [0.2, 0.25) is 0 Å². The standard InChI is InChI=1S/C13H19N3O4/c1-8(12(17)16-13(14)18)15-7-9-4-5-10(19-2)6-11(9)20-3/h4-6,8,15H,7H2,1-3H3,(H3,14,16,17,18). The number of hydrogen-bond acceptors (Lipinski definition) is 5. The van der Waals surface area contributed by atoms with Crippen molar-refractivity contribution in [3.63, 3.8) is 0 Å². The zero-order valence-corrected chi connectivity index (χ0v) is 11.7. The van der Waals surface area contributed by atoms with Crippen molar-refractivity contribution in [1.82, 2.24) is 10.6 Å². The molecular formula is C13H19N3O4. The number of carbonyl (C=O) groups is 2. The van der Waals surface area contributed by atoms with Gasteiger partial charge in [-0.1, -0.05) is 6.07 Å². The van der Waals surface area contributed by atoms with E-state index in [2.05, 4.69) is 5.32 Å². The fourth-order valence-corrected chi connectivity index (χ4v) is 1.58. The SMILES string of the molecule is COc1ccc(CNC(C)C(=O)NC(N)=O)c(OC)c1. The van der Waals surface area contributed by atoms with Crippen LogP contribution in [0, 0.1) is 0 Å². The minimum Gasteiger partial charge on any atom is -0.497 e. The van der Waals surface area contributed by atoms with Gasteiger partial charge in [-0.15, -0.1) is 0 Å². The average molecular weight is 281 g/mol. The Morgan fingerprint density at radius 2 is 2.00 bits per heavy atom. The summed E-state index contributed by atoms with van der Waals surface area (Å²) in [5, 5.41) is 4.99. The number of methoxy groups -OCH3 is 2. The third-order valence-electron chi connectivity index (χ3n) is 2.73. The molecule has 0 heterocycles. The van der Waals surface area contributed by atoms with Crippen LogP contribution in [0.4, 0.5) is 4.79 Å². The van der Waals surface area contributed by atoms with Gasteiger partial charge < -0.3 is 20.5 Å². The molecule has 1 atom stereocenters. The molecule has 0 bridgehead atoms. The summed E-state index contributed by atoms with van der Waals surface area (Å²) in [5.74, 6) is 0.856. The molecule has 0 saturated carbocycles. The third kappa shape index (κ3) is 4.43. The second kappa shape index (κ2) is 7.34. The van der Waals surface area contributed by atoms with Crippen molar-refractivity contribution >= 4 is 11.9 Å². The molecule has 3 amide bonds. The summed E-state index contributed by atoms with van der Waals surface area (Å²) in [6.07, 6.45) is 0. The van der Waals surface area contributed by atoms with Gasteiger partial charge in [0.05, 0.1) is 20.3 Å². The first kappa shape index (κ1) is 15.8. The number of imide groups is 1. The van der Waals surface area contributed by atoms with Crippen LogP contribution in [0.5, 0.6) is 11.5 Å². The number of hydrogen-bond donors (Lipinski definition) is 3. The van der Waals surface area contributed by atoms with Crippen LogP contribution in [0.15, 0.2) is 18.2 Å². The Bertz CT molecular complexity index is 491. The predicted molar refractivity (Wildman–Crippen MR) is 73.6 cm³/mol. The highest BCUT2D eigenvalue weighted by Crippen LogP contribution is 2.24. The molecule has 0 aliphatic carbocycles. The van der Waals surface area contributed by atoms with E-state index in [1.165, 1.54) is 0 Å². The number of primary amides is 1. The van der Waals surface area contributed by atoms with Gasteiger partial charge in [0, 0.05) is 18.2 Å². The number of benzene rings is 1. The first-order valence-corrected chi connectivity index (χ1v) is 6.02. The fraction of sp³-hybridized carbons (Fsp3) is 0.385. The zero-order valence-electron chi connectivity index (χ0n) is 11.7. The summed E-state index contributed by atoms with van der Waals surface area (Å²) < 4.78 is 10.4. The molecule has 1 rings (SSSR count). The van der Waals surface area contributed by atoms with Crippen molar-refractivity contribution in [2.75, 3.05) is 14.2 Å². The van der Waals surface area contributed by atoms with Crippen LogP contribution in [-0.4, -0.2) is 32.2 Å². The normalized spacial score (nSPS) is 11.6. The van der Waals surface area contributed by atoms with E-state index >= 15 is 0 Å². The monoisotopic (exact) mass is 281 g/mol. The quantitative estimate of drug-likeness (QED) is 0.699. The highest BCUT2D eigenvalue weighted by Gasteiger charge is 2.14. The molecular weight excluding hydrogens is 262 g/mol. The van der Waals surface area contributed by atoms with Crippen LogP contribution >= 0.6 is 0 Å². The second-order valence-corrected chi connectivity index (χ2v) is 4.13. The van der Waals surface area contributed by atoms with E-state index in [9.17, 15) is 9.59 Å². The molecule has 4 N–H and O–H groups in total. The van der Waals surface area contributed by atoms with E-state index < -0.39 is 18.0 Å². The maximum Gasteiger partial charge on any atom is 0.318 e. The molecule has 0 saturated heterocycles. The Labute approximate surface area is 117 Å². The van der Waals surface area contributed by atoms with Gasteiger partial charge in [0.25, 0.3) is 0 Å². The van der Waals surface area contributed by atoms with Gasteiger partial charge in [0.2, 0.25) is 5.91 Å². The molecule has 1 aromatic rings. The molecule has 0 aliphatic rings. The molecule has 0 fully saturated rings. The summed E-state index contributed by atoms with van der Waals surface area (Å²) in [6, 6.07) is 3.96. The maximum absolute atomic E-state index is 11.5. The lowest BCUT2D eigenvalue weighted by Crippen LogP contribution is -2.46. The number of rotatable bonds is 6. The number of nitrogens with two attached hydrogens (primary N) is 1. The highest BCUT2D eigenvalue weighted by atomic mass is 16.5. The van der Waals surface area contributed by atoms with Crippen LogP contribution in [0.3, 0.4) is 0 Å². The highest BCUT2D eigenvalue weighted by molar-refractivity contribution is 5.96.